The first-order valence-electron chi connectivity index (χ1n) is 7.85. The number of carbonyl (C=O) groups is 1. The van der Waals surface area contributed by atoms with E-state index in [1.165, 1.54) is 36.1 Å². The predicted octanol–water partition coefficient (Wildman–Crippen LogP) is 2.59. The van der Waals surface area contributed by atoms with E-state index in [0.29, 0.717) is 18.4 Å². The van der Waals surface area contributed by atoms with Crippen molar-refractivity contribution in [1.82, 2.24) is 10.2 Å². The second-order valence-corrected chi connectivity index (χ2v) is 5.96. The van der Waals surface area contributed by atoms with Crippen molar-refractivity contribution in [3.63, 3.8) is 0 Å². The van der Waals surface area contributed by atoms with Gasteiger partial charge in [-0.15, -0.1) is 0 Å². The molecule has 1 aliphatic rings. The first-order chi connectivity index (χ1) is 10.2. The van der Waals surface area contributed by atoms with Crippen LogP contribution in [0.15, 0.2) is 30.3 Å². The van der Waals surface area contributed by atoms with Gasteiger partial charge in [0, 0.05) is 20.1 Å². The summed E-state index contributed by atoms with van der Waals surface area (Å²) in [5.41, 5.74) is 1.45. The summed E-state index contributed by atoms with van der Waals surface area (Å²) < 4.78 is 0. The predicted molar refractivity (Wildman–Crippen MR) is 84.3 cm³/mol. The summed E-state index contributed by atoms with van der Waals surface area (Å²) >= 11 is 0. The Balaban J connectivity index is 1.71. The van der Waals surface area contributed by atoms with Gasteiger partial charge in [0.25, 0.3) is 0 Å². The quantitative estimate of drug-likeness (QED) is 0.876. The molecule has 0 heterocycles. The third kappa shape index (κ3) is 4.74. The Kier molecular flexibility index (Phi) is 6.05. The molecule has 4 nitrogen and oxygen atoms in total. The topological polar surface area (TPSA) is 52.6 Å². The van der Waals surface area contributed by atoms with Crippen LogP contribution in [0.2, 0.25) is 0 Å². The first-order valence-corrected chi connectivity index (χ1v) is 7.85. The van der Waals surface area contributed by atoms with Gasteiger partial charge in [-0.3, -0.25) is 0 Å². The average molecular weight is 290 g/mol. The Morgan fingerprint density at radius 1 is 1.24 bits per heavy atom. The molecule has 0 bridgehead atoms. The van der Waals surface area contributed by atoms with Crippen molar-refractivity contribution < 1.29 is 9.90 Å². The van der Waals surface area contributed by atoms with Gasteiger partial charge in [-0.2, -0.15) is 0 Å². The third-order valence-corrected chi connectivity index (χ3v) is 4.44. The van der Waals surface area contributed by atoms with Crippen molar-refractivity contribution in [3.05, 3.63) is 35.9 Å². The maximum absolute atomic E-state index is 11.8. The van der Waals surface area contributed by atoms with E-state index in [0.717, 1.165) is 6.54 Å². The number of carbonyl (C=O) groups excluding carboxylic acids is 1. The molecule has 0 atom stereocenters. The second-order valence-electron chi connectivity index (χ2n) is 5.96. The fourth-order valence-corrected chi connectivity index (χ4v) is 3.04. The molecule has 0 aromatic heterocycles. The molecular weight excluding hydrogens is 264 g/mol. The van der Waals surface area contributed by atoms with E-state index < -0.39 is 0 Å². The molecule has 0 saturated heterocycles. The highest BCUT2D eigenvalue weighted by atomic mass is 16.3. The van der Waals surface area contributed by atoms with Gasteiger partial charge in [-0.25, -0.2) is 4.79 Å². The molecule has 0 spiro atoms. The van der Waals surface area contributed by atoms with Crippen LogP contribution in [0.25, 0.3) is 0 Å². The van der Waals surface area contributed by atoms with Gasteiger partial charge >= 0.3 is 6.03 Å². The zero-order chi connectivity index (χ0) is 15.1. The van der Waals surface area contributed by atoms with E-state index in [1.807, 2.05) is 0 Å². The standard InChI is InChI=1S/C17H26N2O2/c1-19(11-12-20)17(21)18-13-14-7-9-16(10-8-14)15-5-3-2-4-6-15/h2-6,14,16,20H,7-13H2,1H3,(H,18,21). The fourth-order valence-electron chi connectivity index (χ4n) is 3.04. The third-order valence-electron chi connectivity index (χ3n) is 4.44. The molecule has 2 N–H and O–H groups in total. The number of urea groups is 1. The van der Waals surface area contributed by atoms with Crippen molar-refractivity contribution in [2.45, 2.75) is 31.6 Å². The van der Waals surface area contributed by atoms with Gasteiger partial charge < -0.3 is 15.3 Å². The minimum absolute atomic E-state index is 0.00606. The molecule has 0 unspecified atom stereocenters. The molecule has 21 heavy (non-hydrogen) atoms. The summed E-state index contributed by atoms with van der Waals surface area (Å²) in [6, 6.07) is 10.6. The molecule has 1 aromatic carbocycles. The Bertz CT molecular complexity index is 428. The molecule has 1 saturated carbocycles. The molecule has 116 valence electrons. The van der Waals surface area contributed by atoms with Crippen LogP contribution in [-0.4, -0.2) is 42.8 Å². The molecule has 1 aromatic rings. The Morgan fingerprint density at radius 3 is 2.52 bits per heavy atom. The number of amides is 2. The highest BCUT2D eigenvalue weighted by Crippen LogP contribution is 2.35. The normalized spacial score (nSPS) is 21.8. The number of likely N-dealkylation sites (N-methyl/N-ethyl adjacent to an activating group) is 1. The van der Waals surface area contributed by atoms with E-state index in [4.69, 9.17) is 5.11 Å². The smallest absolute Gasteiger partial charge is 0.317 e. The van der Waals surface area contributed by atoms with Gasteiger partial charge in [0.15, 0.2) is 0 Å². The van der Waals surface area contributed by atoms with Gasteiger partial charge in [0.05, 0.1) is 6.61 Å². The van der Waals surface area contributed by atoms with E-state index in [2.05, 4.69) is 35.6 Å². The maximum atomic E-state index is 11.8. The van der Waals surface area contributed by atoms with Crippen LogP contribution in [0.3, 0.4) is 0 Å². The number of benzene rings is 1. The number of aliphatic hydroxyl groups excluding tert-OH is 1. The average Bonchev–Trinajstić information content (AvgIpc) is 2.54. The summed E-state index contributed by atoms with van der Waals surface area (Å²) in [5.74, 6) is 1.26. The van der Waals surface area contributed by atoms with Crippen LogP contribution in [0.5, 0.6) is 0 Å². The highest BCUT2D eigenvalue weighted by molar-refractivity contribution is 5.73. The van der Waals surface area contributed by atoms with E-state index in [9.17, 15) is 4.79 Å². The maximum Gasteiger partial charge on any atom is 0.317 e. The fraction of sp³-hybridized carbons (Fsp3) is 0.588. The van der Waals surface area contributed by atoms with Crippen LogP contribution in [0.4, 0.5) is 4.79 Å². The highest BCUT2D eigenvalue weighted by Gasteiger charge is 2.22. The zero-order valence-corrected chi connectivity index (χ0v) is 12.8. The van der Waals surface area contributed by atoms with Crippen LogP contribution in [0, 0.1) is 5.92 Å². The lowest BCUT2D eigenvalue weighted by Gasteiger charge is -2.29. The lowest BCUT2D eigenvalue weighted by atomic mass is 9.79. The Morgan fingerprint density at radius 2 is 1.90 bits per heavy atom. The largest absolute Gasteiger partial charge is 0.395 e. The number of nitrogens with one attached hydrogen (secondary N) is 1. The number of aliphatic hydroxyl groups is 1. The molecule has 2 rings (SSSR count). The van der Waals surface area contributed by atoms with Gasteiger partial charge in [-0.05, 0) is 43.1 Å². The SMILES string of the molecule is CN(CCO)C(=O)NCC1CCC(c2ccccc2)CC1. The van der Waals surface area contributed by atoms with Crippen LogP contribution in [-0.2, 0) is 0 Å². The molecule has 4 heteroatoms. The summed E-state index contributed by atoms with van der Waals surface area (Å²) in [6.07, 6.45) is 4.75. The lowest BCUT2D eigenvalue weighted by molar-refractivity contribution is 0.187. The number of nitrogens with zero attached hydrogens (tertiary/aromatic N) is 1. The minimum atomic E-state index is -0.0887. The first kappa shape index (κ1) is 15.8. The minimum Gasteiger partial charge on any atom is -0.395 e. The summed E-state index contributed by atoms with van der Waals surface area (Å²) in [7, 11) is 1.71. The number of hydrogen-bond acceptors (Lipinski definition) is 2. The molecule has 1 aliphatic carbocycles. The summed E-state index contributed by atoms with van der Waals surface area (Å²) in [4.78, 5) is 13.3. The second kappa shape index (κ2) is 8.03. The number of hydrogen-bond donors (Lipinski definition) is 2. The van der Waals surface area contributed by atoms with Crippen LogP contribution >= 0.6 is 0 Å². The monoisotopic (exact) mass is 290 g/mol. The number of rotatable bonds is 5. The van der Waals surface area contributed by atoms with Gasteiger partial charge in [0.2, 0.25) is 0 Å². The molecule has 0 aliphatic heterocycles. The molecule has 0 radical (unpaired) electrons. The summed E-state index contributed by atoms with van der Waals surface area (Å²) in [5, 5.41) is 11.8. The Labute approximate surface area is 127 Å². The molecule has 2 amide bonds. The van der Waals surface area contributed by atoms with Gasteiger partial charge in [0.1, 0.15) is 0 Å². The Hall–Kier alpha value is -1.55. The van der Waals surface area contributed by atoms with E-state index in [-0.39, 0.29) is 12.6 Å². The van der Waals surface area contributed by atoms with Crippen molar-refractivity contribution >= 4 is 6.03 Å². The lowest BCUT2D eigenvalue weighted by Crippen LogP contribution is -2.41. The van der Waals surface area contributed by atoms with Crippen LogP contribution in [0.1, 0.15) is 37.2 Å². The molecular formula is C17H26N2O2. The van der Waals surface area contributed by atoms with Crippen molar-refractivity contribution in [3.8, 4) is 0 Å². The van der Waals surface area contributed by atoms with Crippen LogP contribution < -0.4 is 5.32 Å². The molecule has 1 fully saturated rings. The zero-order valence-electron chi connectivity index (χ0n) is 12.8. The van der Waals surface area contributed by atoms with E-state index >= 15 is 0 Å². The van der Waals surface area contributed by atoms with Crippen molar-refractivity contribution in [2.24, 2.45) is 5.92 Å². The summed E-state index contributed by atoms with van der Waals surface area (Å²) in [6.45, 7) is 1.13. The van der Waals surface area contributed by atoms with Crippen molar-refractivity contribution in [1.29, 1.82) is 0 Å². The van der Waals surface area contributed by atoms with Gasteiger partial charge in [-0.1, -0.05) is 30.3 Å². The van der Waals surface area contributed by atoms with E-state index in [1.54, 1.807) is 7.05 Å². The van der Waals surface area contributed by atoms with Crippen molar-refractivity contribution in [2.75, 3.05) is 26.7 Å².